The maximum Gasteiger partial charge on any atom is 0.229 e. The SMILES string of the molecule is C[C@@H](O)c1cc2cnc(Nc3ccc(CN4CCN(C)CC4)cn3)nc2c(N2CCCC2(C)C)n1. The fourth-order valence-corrected chi connectivity index (χ4v) is 4.98. The van der Waals surface area contributed by atoms with Gasteiger partial charge in [-0.2, -0.15) is 0 Å². The third-order valence-corrected chi connectivity index (χ3v) is 7.22. The van der Waals surface area contributed by atoms with Crippen LogP contribution in [0.4, 0.5) is 17.6 Å². The summed E-state index contributed by atoms with van der Waals surface area (Å²) in [4.78, 5) is 25.9. The van der Waals surface area contributed by atoms with Crippen molar-refractivity contribution in [3.05, 3.63) is 41.9 Å². The zero-order valence-electron chi connectivity index (χ0n) is 21.2. The van der Waals surface area contributed by atoms with Gasteiger partial charge in [0.1, 0.15) is 11.3 Å². The highest BCUT2D eigenvalue weighted by Crippen LogP contribution is 2.37. The van der Waals surface area contributed by atoms with Crippen molar-refractivity contribution in [3.63, 3.8) is 0 Å². The smallest absolute Gasteiger partial charge is 0.229 e. The molecule has 186 valence electrons. The van der Waals surface area contributed by atoms with Crippen LogP contribution in [-0.2, 0) is 6.54 Å². The fraction of sp³-hybridized carbons (Fsp3) is 0.538. The molecule has 0 spiro atoms. The molecule has 3 aromatic heterocycles. The topological polar surface area (TPSA) is 93.5 Å². The molecule has 9 nitrogen and oxygen atoms in total. The van der Waals surface area contributed by atoms with Gasteiger partial charge in [-0.15, -0.1) is 0 Å². The van der Waals surface area contributed by atoms with Gasteiger partial charge in [0, 0.05) is 62.6 Å². The monoisotopic (exact) mass is 476 g/mol. The molecule has 2 fully saturated rings. The quantitative estimate of drug-likeness (QED) is 0.555. The van der Waals surface area contributed by atoms with Crippen molar-refractivity contribution < 1.29 is 5.11 Å². The Morgan fingerprint density at radius 3 is 2.51 bits per heavy atom. The second-order valence-corrected chi connectivity index (χ2v) is 10.5. The average molecular weight is 477 g/mol. The first-order valence-corrected chi connectivity index (χ1v) is 12.5. The van der Waals surface area contributed by atoms with Crippen LogP contribution < -0.4 is 10.2 Å². The van der Waals surface area contributed by atoms with Gasteiger partial charge in [-0.25, -0.2) is 19.9 Å². The van der Waals surface area contributed by atoms with Gasteiger partial charge >= 0.3 is 0 Å². The second kappa shape index (κ2) is 9.64. The van der Waals surface area contributed by atoms with E-state index in [4.69, 9.17) is 9.97 Å². The highest BCUT2D eigenvalue weighted by Gasteiger charge is 2.34. The van der Waals surface area contributed by atoms with Crippen LogP contribution in [0, 0.1) is 0 Å². The van der Waals surface area contributed by atoms with Crippen molar-refractivity contribution in [3.8, 4) is 0 Å². The molecule has 0 bridgehead atoms. The number of nitrogens with one attached hydrogen (secondary N) is 1. The first-order valence-electron chi connectivity index (χ1n) is 12.5. The Balaban J connectivity index is 1.38. The Morgan fingerprint density at radius 2 is 1.86 bits per heavy atom. The number of aromatic nitrogens is 4. The van der Waals surface area contributed by atoms with Crippen LogP contribution in [0.25, 0.3) is 10.9 Å². The van der Waals surface area contributed by atoms with Crippen molar-refractivity contribution in [2.24, 2.45) is 0 Å². The Morgan fingerprint density at radius 1 is 1.06 bits per heavy atom. The molecule has 0 amide bonds. The molecule has 3 aromatic rings. The Labute approximate surface area is 207 Å². The Bertz CT molecular complexity index is 1170. The highest BCUT2D eigenvalue weighted by atomic mass is 16.3. The Kier molecular flexibility index (Phi) is 6.57. The lowest BCUT2D eigenvalue weighted by Gasteiger charge is -2.33. The lowest BCUT2D eigenvalue weighted by molar-refractivity contribution is 0.148. The number of pyridine rings is 2. The average Bonchev–Trinajstić information content (AvgIpc) is 3.19. The minimum absolute atomic E-state index is 0.0169. The molecule has 5 rings (SSSR count). The maximum absolute atomic E-state index is 10.2. The summed E-state index contributed by atoms with van der Waals surface area (Å²) in [6.07, 6.45) is 5.27. The van der Waals surface area contributed by atoms with E-state index in [0.29, 0.717) is 17.5 Å². The summed E-state index contributed by atoms with van der Waals surface area (Å²) in [5.41, 5.74) is 2.61. The van der Waals surface area contributed by atoms with Gasteiger partial charge < -0.3 is 20.2 Å². The van der Waals surface area contributed by atoms with E-state index in [-0.39, 0.29) is 5.54 Å². The molecule has 1 atom stereocenters. The van der Waals surface area contributed by atoms with Crippen LogP contribution in [0.2, 0.25) is 0 Å². The maximum atomic E-state index is 10.2. The molecule has 5 heterocycles. The molecule has 0 radical (unpaired) electrons. The number of piperazine rings is 1. The number of aliphatic hydroxyl groups excluding tert-OH is 1. The van der Waals surface area contributed by atoms with E-state index in [1.165, 1.54) is 5.56 Å². The van der Waals surface area contributed by atoms with Gasteiger partial charge in [0.25, 0.3) is 0 Å². The number of nitrogens with zero attached hydrogens (tertiary/aromatic N) is 7. The van der Waals surface area contributed by atoms with Crippen molar-refractivity contribution in [2.45, 2.75) is 51.8 Å². The summed E-state index contributed by atoms with van der Waals surface area (Å²) < 4.78 is 0. The van der Waals surface area contributed by atoms with Gasteiger partial charge in [-0.1, -0.05) is 6.07 Å². The highest BCUT2D eigenvalue weighted by molar-refractivity contribution is 5.90. The summed E-state index contributed by atoms with van der Waals surface area (Å²) in [5, 5.41) is 14.3. The first kappa shape index (κ1) is 23.8. The first-order chi connectivity index (χ1) is 16.8. The summed E-state index contributed by atoms with van der Waals surface area (Å²) in [6.45, 7) is 12.4. The van der Waals surface area contributed by atoms with Crippen molar-refractivity contribution in [2.75, 3.05) is 50.0 Å². The van der Waals surface area contributed by atoms with Gasteiger partial charge in [0.2, 0.25) is 5.95 Å². The zero-order valence-corrected chi connectivity index (χ0v) is 21.2. The van der Waals surface area contributed by atoms with E-state index in [2.05, 4.69) is 56.9 Å². The molecular formula is C26H36N8O. The molecule has 2 N–H and O–H groups in total. The molecule has 2 saturated heterocycles. The predicted molar refractivity (Wildman–Crippen MR) is 139 cm³/mol. The van der Waals surface area contributed by atoms with Crippen molar-refractivity contribution in [1.82, 2.24) is 29.7 Å². The number of rotatable bonds is 6. The van der Waals surface area contributed by atoms with E-state index in [1.807, 2.05) is 18.3 Å². The summed E-state index contributed by atoms with van der Waals surface area (Å²) >= 11 is 0. The van der Waals surface area contributed by atoms with E-state index in [1.54, 1.807) is 13.1 Å². The lowest BCUT2D eigenvalue weighted by atomic mass is 10.0. The largest absolute Gasteiger partial charge is 0.387 e. The second-order valence-electron chi connectivity index (χ2n) is 10.5. The van der Waals surface area contributed by atoms with Crippen LogP contribution in [-0.4, -0.2) is 80.2 Å². The van der Waals surface area contributed by atoms with Gasteiger partial charge in [0.15, 0.2) is 5.82 Å². The van der Waals surface area contributed by atoms with Gasteiger partial charge in [-0.3, -0.25) is 4.90 Å². The molecule has 2 aliphatic rings. The molecule has 2 aliphatic heterocycles. The van der Waals surface area contributed by atoms with Gasteiger partial charge in [-0.05, 0) is 58.4 Å². The zero-order chi connectivity index (χ0) is 24.6. The minimum atomic E-state index is -0.657. The van der Waals surface area contributed by atoms with Crippen LogP contribution in [0.3, 0.4) is 0 Å². The Hall–Kier alpha value is -2.88. The van der Waals surface area contributed by atoms with E-state index >= 15 is 0 Å². The number of hydrogen-bond donors (Lipinski definition) is 2. The van der Waals surface area contributed by atoms with Crippen LogP contribution in [0.15, 0.2) is 30.6 Å². The number of likely N-dealkylation sites (N-methyl/N-ethyl adjacent to an activating group) is 1. The summed E-state index contributed by atoms with van der Waals surface area (Å²) in [7, 11) is 2.17. The summed E-state index contributed by atoms with van der Waals surface area (Å²) in [6, 6.07) is 5.98. The standard InChI is InChI=1S/C26H36N8O/c1-18(35)21-14-20-16-28-25(31-23(20)24(29-21)34-9-5-8-26(34,2)3)30-22-7-6-19(15-27-22)17-33-12-10-32(4)11-13-33/h6-7,14-16,18,35H,5,8-13,17H2,1-4H3,(H,27,28,30,31)/t18-/m1/s1. The normalized spacial score (nSPS) is 19.9. The number of anilines is 3. The van der Waals surface area contributed by atoms with E-state index in [9.17, 15) is 5.11 Å². The van der Waals surface area contributed by atoms with Crippen LogP contribution >= 0.6 is 0 Å². The minimum Gasteiger partial charge on any atom is -0.387 e. The van der Waals surface area contributed by atoms with E-state index < -0.39 is 6.10 Å². The third-order valence-electron chi connectivity index (χ3n) is 7.22. The molecule has 9 heteroatoms. The molecule has 0 saturated carbocycles. The number of aliphatic hydroxyl groups is 1. The summed E-state index contributed by atoms with van der Waals surface area (Å²) in [5.74, 6) is 2.01. The van der Waals surface area contributed by atoms with Crippen molar-refractivity contribution in [1.29, 1.82) is 0 Å². The van der Waals surface area contributed by atoms with Gasteiger partial charge in [0.05, 0.1) is 11.8 Å². The molecule has 0 unspecified atom stereocenters. The van der Waals surface area contributed by atoms with Crippen molar-refractivity contribution >= 4 is 28.5 Å². The number of hydrogen-bond acceptors (Lipinski definition) is 9. The molecule has 0 aromatic carbocycles. The van der Waals surface area contributed by atoms with Crippen LogP contribution in [0.5, 0.6) is 0 Å². The fourth-order valence-electron chi connectivity index (χ4n) is 4.98. The molecular weight excluding hydrogens is 440 g/mol. The predicted octanol–water partition coefficient (Wildman–Crippen LogP) is 3.34. The molecule has 0 aliphatic carbocycles. The molecule has 35 heavy (non-hydrogen) atoms. The number of fused-ring (bicyclic) bond motifs is 1. The third kappa shape index (κ3) is 5.22. The van der Waals surface area contributed by atoms with E-state index in [0.717, 1.165) is 68.8 Å². The van der Waals surface area contributed by atoms with Crippen LogP contribution in [0.1, 0.15) is 51.0 Å². The lowest BCUT2D eigenvalue weighted by Crippen LogP contribution is -2.43.